The van der Waals surface area contributed by atoms with E-state index in [1.54, 1.807) is 0 Å². The van der Waals surface area contributed by atoms with E-state index in [4.69, 9.17) is 0 Å². The van der Waals surface area contributed by atoms with Gasteiger partial charge >= 0.3 is 5.97 Å². The van der Waals surface area contributed by atoms with Gasteiger partial charge in [-0.25, -0.2) is 17.9 Å². The first-order valence-corrected chi connectivity index (χ1v) is 10.8. The van der Waals surface area contributed by atoms with Crippen LogP contribution in [0.4, 0.5) is 0 Å². The minimum atomic E-state index is -3.94. The highest BCUT2D eigenvalue weighted by atomic mass is 32.2. The molecule has 4 rings (SSSR count). The number of carboxylic acids is 1. The average Bonchev–Trinajstić information content (AvgIpc) is 3.07. The van der Waals surface area contributed by atoms with Crippen molar-refractivity contribution in [3.8, 4) is 0 Å². The number of aromatic carboxylic acids is 1. The van der Waals surface area contributed by atoms with Gasteiger partial charge in [0, 0.05) is 18.0 Å². The molecule has 27 heavy (non-hydrogen) atoms. The number of carboxylic acid groups (broad SMARTS) is 1. The molecule has 140 valence electrons. The SMILES string of the molecule is O=C(O)c1c(S(=O)(=O)NCc2cccc3ccccc23)sc2c1CCNC2. The second-order valence-corrected chi connectivity index (χ2v) is 9.43. The van der Waals surface area contributed by atoms with Gasteiger partial charge in [0.15, 0.2) is 0 Å². The molecule has 0 unspecified atom stereocenters. The molecule has 0 bridgehead atoms. The van der Waals surface area contributed by atoms with Crippen molar-refractivity contribution in [3.05, 3.63) is 64.0 Å². The van der Waals surface area contributed by atoms with Gasteiger partial charge < -0.3 is 10.4 Å². The molecule has 8 heteroatoms. The van der Waals surface area contributed by atoms with E-state index in [1.807, 2.05) is 42.5 Å². The van der Waals surface area contributed by atoms with Gasteiger partial charge in [0.25, 0.3) is 10.0 Å². The molecule has 2 heterocycles. The number of thiophene rings is 1. The highest BCUT2D eigenvalue weighted by molar-refractivity contribution is 7.91. The van der Waals surface area contributed by atoms with Gasteiger partial charge in [-0.1, -0.05) is 42.5 Å². The normalized spacial score (nSPS) is 14.2. The quantitative estimate of drug-likeness (QED) is 0.610. The van der Waals surface area contributed by atoms with E-state index in [-0.39, 0.29) is 16.3 Å². The zero-order chi connectivity index (χ0) is 19.0. The lowest BCUT2D eigenvalue weighted by molar-refractivity contribution is 0.0692. The Balaban J connectivity index is 1.68. The van der Waals surface area contributed by atoms with Crippen molar-refractivity contribution in [1.82, 2.24) is 10.0 Å². The molecule has 3 N–H and O–H groups in total. The van der Waals surface area contributed by atoms with Crippen LogP contribution in [0.2, 0.25) is 0 Å². The molecule has 3 aromatic rings. The van der Waals surface area contributed by atoms with E-state index in [2.05, 4.69) is 10.0 Å². The maximum Gasteiger partial charge on any atom is 0.338 e. The molecular formula is C19H18N2O4S2. The standard InChI is InChI=1S/C19H18N2O4S2/c22-18(23)17-15-8-9-20-11-16(15)26-19(17)27(24,25)21-10-13-6-3-5-12-4-1-2-7-14(12)13/h1-7,20-21H,8-11H2,(H,22,23). The number of rotatable bonds is 5. The first-order valence-electron chi connectivity index (χ1n) is 8.52. The summed E-state index contributed by atoms with van der Waals surface area (Å²) in [6, 6.07) is 13.5. The molecule has 1 aromatic heterocycles. The van der Waals surface area contributed by atoms with Crippen molar-refractivity contribution in [3.63, 3.8) is 0 Å². The van der Waals surface area contributed by atoms with Gasteiger partial charge in [-0.2, -0.15) is 0 Å². The highest BCUT2D eigenvalue weighted by Crippen LogP contribution is 2.34. The molecular weight excluding hydrogens is 384 g/mol. The van der Waals surface area contributed by atoms with Crippen molar-refractivity contribution in [1.29, 1.82) is 0 Å². The lowest BCUT2D eigenvalue weighted by Crippen LogP contribution is -2.25. The molecule has 1 aliphatic rings. The fourth-order valence-corrected chi connectivity index (χ4v) is 6.31. The van der Waals surface area contributed by atoms with Crippen LogP contribution in [-0.4, -0.2) is 26.0 Å². The Morgan fingerprint density at radius 1 is 1.19 bits per heavy atom. The van der Waals surface area contributed by atoms with Crippen LogP contribution in [0.25, 0.3) is 10.8 Å². The fourth-order valence-electron chi connectivity index (χ4n) is 3.40. The van der Waals surface area contributed by atoms with E-state index in [1.165, 1.54) is 0 Å². The van der Waals surface area contributed by atoms with Gasteiger partial charge in [0.2, 0.25) is 0 Å². The van der Waals surface area contributed by atoms with E-state index in [9.17, 15) is 18.3 Å². The second-order valence-electron chi connectivity index (χ2n) is 6.36. The summed E-state index contributed by atoms with van der Waals surface area (Å²) in [5.74, 6) is -1.19. The van der Waals surface area contributed by atoms with Crippen LogP contribution in [0.15, 0.2) is 46.7 Å². The van der Waals surface area contributed by atoms with E-state index in [0.717, 1.165) is 32.5 Å². The Labute approximate surface area is 160 Å². The Morgan fingerprint density at radius 3 is 2.78 bits per heavy atom. The number of fused-ring (bicyclic) bond motifs is 2. The number of carbonyl (C=O) groups is 1. The maximum atomic E-state index is 12.9. The van der Waals surface area contributed by atoms with Crippen molar-refractivity contribution >= 4 is 38.1 Å². The summed E-state index contributed by atoms with van der Waals surface area (Å²) in [7, 11) is -3.94. The smallest absolute Gasteiger partial charge is 0.338 e. The molecule has 2 aromatic carbocycles. The minimum Gasteiger partial charge on any atom is -0.478 e. The van der Waals surface area contributed by atoms with E-state index < -0.39 is 16.0 Å². The third-order valence-corrected chi connectivity index (χ3v) is 7.84. The van der Waals surface area contributed by atoms with E-state index >= 15 is 0 Å². The summed E-state index contributed by atoms with van der Waals surface area (Å²) in [6.45, 7) is 1.25. The molecule has 1 aliphatic heterocycles. The molecule has 0 saturated carbocycles. The summed E-state index contributed by atoms with van der Waals surface area (Å²) in [5, 5.41) is 14.7. The van der Waals surface area contributed by atoms with Gasteiger partial charge in [-0.3, -0.25) is 0 Å². The minimum absolute atomic E-state index is 0.0816. The van der Waals surface area contributed by atoms with Crippen molar-refractivity contribution in [2.45, 2.75) is 23.7 Å². The summed E-state index contributed by atoms with van der Waals surface area (Å²) in [4.78, 5) is 12.5. The Kier molecular flexibility index (Phi) is 4.73. The molecule has 6 nitrogen and oxygen atoms in total. The number of benzene rings is 2. The Hall–Kier alpha value is -2.26. The van der Waals surface area contributed by atoms with Crippen LogP contribution in [0, 0.1) is 0 Å². The van der Waals surface area contributed by atoms with Gasteiger partial charge in [-0.05, 0) is 34.9 Å². The second kappa shape index (κ2) is 7.05. The van der Waals surface area contributed by atoms with Crippen molar-refractivity contribution in [2.24, 2.45) is 0 Å². The largest absolute Gasteiger partial charge is 0.478 e. The Morgan fingerprint density at radius 2 is 1.96 bits per heavy atom. The number of nitrogens with one attached hydrogen (secondary N) is 2. The monoisotopic (exact) mass is 402 g/mol. The van der Waals surface area contributed by atoms with Crippen LogP contribution >= 0.6 is 11.3 Å². The third kappa shape index (κ3) is 3.37. The van der Waals surface area contributed by atoms with Gasteiger partial charge in [0.1, 0.15) is 4.21 Å². The Bertz CT molecular complexity index is 1130. The summed E-state index contributed by atoms with van der Waals surface area (Å²) < 4.78 is 28.3. The first-order chi connectivity index (χ1) is 13.0. The van der Waals surface area contributed by atoms with Crippen LogP contribution < -0.4 is 10.0 Å². The van der Waals surface area contributed by atoms with Crippen LogP contribution in [0.1, 0.15) is 26.4 Å². The van der Waals surface area contributed by atoms with Gasteiger partial charge in [0.05, 0.1) is 5.56 Å². The van der Waals surface area contributed by atoms with E-state index in [0.29, 0.717) is 25.1 Å². The fraction of sp³-hybridized carbons (Fsp3) is 0.211. The highest BCUT2D eigenvalue weighted by Gasteiger charge is 2.31. The number of hydrogen-bond acceptors (Lipinski definition) is 5. The molecule has 0 saturated heterocycles. The zero-order valence-corrected chi connectivity index (χ0v) is 16.0. The average molecular weight is 402 g/mol. The molecule has 0 aliphatic carbocycles. The third-order valence-electron chi connectivity index (χ3n) is 4.69. The molecule has 0 atom stereocenters. The lowest BCUT2D eigenvalue weighted by Gasteiger charge is -2.12. The molecule has 0 radical (unpaired) electrons. The lowest BCUT2D eigenvalue weighted by atomic mass is 10.1. The van der Waals surface area contributed by atoms with Crippen molar-refractivity contribution < 1.29 is 18.3 Å². The number of sulfonamides is 1. The predicted octanol–water partition coefficient (Wildman–Crippen LogP) is 2.72. The predicted molar refractivity (Wildman–Crippen MR) is 105 cm³/mol. The maximum absolute atomic E-state index is 12.9. The first kappa shape index (κ1) is 18.1. The van der Waals surface area contributed by atoms with Gasteiger partial charge in [-0.15, -0.1) is 11.3 Å². The van der Waals surface area contributed by atoms with Crippen LogP contribution in [-0.2, 0) is 29.5 Å². The van der Waals surface area contributed by atoms with Crippen LogP contribution in [0.5, 0.6) is 0 Å². The topological polar surface area (TPSA) is 95.5 Å². The summed E-state index contributed by atoms with van der Waals surface area (Å²) >= 11 is 1.04. The summed E-state index contributed by atoms with van der Waals surface area (Å²) in [6.07, 6.45) is 0.520. The number of hydrogen-bond donors (Lipinski definition) is 3. The summed E-state index contributed by atoms with van der Waals surface area (Å²) in [5.41, 5.74) is 1.40. The van der Waals surface area contributed by atoms with Crippen molar-refractivity contribution in [2.75, 3.05) is 6.54 Å². The zero-order valence-electron chi connectivity index (χ0n) is 14.4. The molecule has 0 fully saturated rings. The van der Waals surface area contributed by atoms with Crippen LogP contribution in [0.3, 0.4) is 0 Å². The molecule has 0 spiro atoms. The molecule has 0 amide bonds.